The molecular weight excluding hydrogens is 1290 g/mol. The van der Waals surface area contributed by atoms with E-state index in [0.717, 1.165) is 24.8 Å². The van der Waals surface area contributed by atoms with E-state index in [9.17, 15) is 84.5 Å². The minimum Gasteiger partial charge on any atom is -0.394 e. The fourth-order valence-corrected chi connectivity index (χ4v) is 18.1. The number of hydrogen-bond acceptors (Lipinski definition) is 29. The highest BCUT2D eigenvalue weighted by molar-refractivity contribution is 7.80. The number of allylic oxidation sites excluding steroid dienone is 3. The summed E-state index contributed by atoms with van der Waals surface area (Å²) in [6.45, 7) is 23.0. The van der Waals surface area contributed by atoms with Gasteiger partial charge in [0.25, 0.3) is 0 Å². The quantitative estimate of drug-likeness (QED) is 0.0504. The predicted molar refractivity (Wildman–Crippen MR) is 329 cm³/mol. The summed E-state index contributed by atoms with van der Waals surface area (Å²) in [6.07, 6.45) is -41.5. The Morgan fingerprint density at radius 2 is 1.07 bits per heavy atom. The summed E-state index contributed by atoms with van der Waals surface area (Å²) < 4.78 is 115. The third-order valence-electron chi connectivity index (χ3n) is 23.6. The second-order valence-corrected chi connectivity index (χ2v) is 31.3. The van der Waals surface area contributed by atoms with Crippen LogP contribution < -0.4 is 0 Å². The third kappa shape index (κ3) is 15.0. The molecule has 10 aliphatic rings. The van der Waals surface area contributed by atoms with Gasteiger partial charge in [0.2, 0.25) is 0 Å². The molecule has 0 spiro atoms. The summed E-state index contributed by atoms with van der Waals surface area (Å²) >= 11 is 0. The van der Waals surface area contributed by atoms with E-state index in [1.807, 2.05) is 6.92 Å². The summed E-state index contributed by atoms with van der Waals surface area (Å²) in [5.41, 5.74) is 0.495. The van der Waals surface area contributed by atoms with E-state index < -0.39 is 224 Å². The molecule has 6 aliphatic heterocycles. The molecule has 0 amide bonds. The van der Waals surface area contributed by atoms with Crippen LogP contribution in [-0.2, 0) is 71.4 Å². The van der Waals surface area contributed by atoms with Crippen LogP contribution in [0, 0.1) is 46.3 Å². The van der Waals surface area contributed by atoms with Gasteiger partial charge in [0, 0.05) is 5.92 Å². The lowest BCUT2D eigenvalue weighted by Crippen LogP contribution is -2.68. The molecule has 39 atom stereocenters. The first kappa shape index (κ1) is 76.9. The molecule has 3 saturated carbocycles. The van der Waals surface area contributed by atoms with E-state index >= 15 is 0 Å². The van der Waals surface area contributed by atoms with Gasteiger partial charge >= 0.3 is 10.4 Å². The Morgan fingerprint density at radius 3 is 1.68 bits per heavy atom. The van der Waals surface area contributed by atoms with E-state index in [4.69, 9.17) is 61.0 Å². The zero-order valence-corrected chi connectivity index (χ0v) is 57.3. The lowest BCUT2D eigenvalue weighted by Gasteiger charge is -2.60. The van der Waals surface area contributed by atoms with Crippen LogP contribution in [0.5, 0.6) is 0 Å². The van der Waals surface area contributed by atoms with Gasteiger partial charge in [-0.2, -0.15) is 8.42 Å². The minimum atomic E-state index is -4.85. The van der Waals surface area contributed by atoms with Crippen molar-refractivity contribution in [1.82, 2.24) is 0 Å². The average Bonchev–Trinajstić information content (AvgIpc) is 1.31. The molecule has 10 rings (SSSR count). The van der Waals surface area contributed by atoms with Crippen LogP contribution in [0.3, 0.4) is 0 Å². The topological polar surface area (TPSA) is 458 Å². The number of hydrogen-bond donors (Lipinski definition) is 15. The lowest BCUT2D eigenvalue weighted by atomic mass is 9.47. The van der Waals surface area contributed by atoms with Crippen LogP contribution in [0.25, 0.3) is 0 Å². The van der Waals surface area contributed by atoms with Gasteiger partial charge in [-0.15, -0.1) is 0 Å². The smallest absolute Gasteiger partial charge is 0.394 e. The molecule has 15 N–H and O–H groups in total. The minimum absolute atomic E-state index is 0.0248. The highest BCUT2D eigenvalue weighted by Crippen LogP contribution is 2.68. The van der Waals surface area contributed by atoms with E-state index in [1.165, 1.54) is 33.3 Å². The zero-order valence-electron chi connectivity index (χ0n) is 56.5. The fraction of sp³-hybridized carbons (Fsp3) is 0.938. The number of ether oxygens (including phenoxy) is 12. The summed E-state index contributed by atoms with van der Waals surface area (Å²) in [5.74, 6) is -0.924. The van der Waals surface area contributed by atoms with Gasteiger partial charge in [0.15, 0.2) is 37.7 Å². The average molecular weight is 1400 g/mol. The normalized spacial score (nSPS) is 52.4. The summed E-state index contributed by atoms with van der Waals surface area (Å²) in [6, 6.07) is 0. The first-order valence-corrected chi connectivity index (χ1v) is 35.6. The predicted octanol–water partition coefficient (Wildman–Crippen LogP) is -1.17. The largest absolute Gasteiger partial charge is 0.397 e. The number of fused-ring (bicyclic) bond motifs is 5. The molecule has 4 aliphatic carbocycles. The van der Waals surface area contributed by atoms with Crippen molar-refractivity contribution in [3.63, 3.8) is 0 Å². The first-order chi connectivity index (χ1) is 44.8. The van der Waals surface area contributed by atoms with Gasteiger partial charge in [-0.1, -0.05) is 58.4 Å². The lowest BCUT2D eigenvalue weighted by molar-refractivity contribution is -0.406. The molecule has 0 radical (unpaired) electrons. The molecule has 6 heterocycles. The maximum absolute atomic E-state index is 12.7. The van der Waals surface area contributed by atoms with Crippen LogP contribution in [0.2, 0.25) is 0 Å². The molecule has 30 nitrogen and oxygen atoms in total. The number of aliphatic hydroxyl groups is 14. The second kappa shape index (κ2) is 29.8. The molecule has 0 aromatic carbocycles. The molecule has 6 saturated heterocycles. The summed E-state index contributed by atoms with van der Waals surface area (Å²) in [5, 5.41) is 158. The Labute approximate surface area is 560 Å². The molecule has 31 heteroatoms. The van der Waals surface area contributed by atoms with Crippen LogP contribution in [0.15, 0.2) is 23.8 Å². The molecular formula is C65H108O30S. The van der Waals surface area contributed by atoms with Crippen LogP contribution in [0.4, 0.5) is 0 Å². The van der Waals surface area contributed by atoms with Crippen molar-refractivity contribution in [2.75, 3.05) is 6.61 Å². The third-order valence-corrected chi connectivity index (χ3v) is 24.1. The molecule has 554 valence electrons. The van der Waals surface area contributed by atoms with E-state index in [0.29, 0.717) is 32.1 Å². The Balaban J connectivity index is 0.908. The monoisotopic (exact) mass is 1400 g/mol. The van der Waals surface area contributed by atoms with Crippen molar-refractivity contribution in [2.45, 2.75) is 330 Å². The molecule has 9 fully saturated rings. The van der Waals surface area contributed by atoms with Crippen LogP contribution in [-0.4, -0.2) is 287 Å². The maximum atomic E-state index is 12.7. The highest BCUT2D eigenvalue weighted by Gasteiger charge is 2.64. The van der Waals surface area contributed by atoms with E-state index in [-0.39, 0.29) is 41.4 Å². The van der Waals surface area contributed by atoms with Gasteiger partial charge in [0.1, 0.15) is 104 Å². The number of aliphatic hydroxyl groups excluding tert-OH is 13. The van der Waals surface area contributed by atoms with Crippen molar-refractivity contribution >= 4 is 10.4 Å². The summed E-state index contributed by atoms with van der Waals surface area (Å²) in [4.78, 5) is 0. The Bertz CT molecular complexity index is 2760. The van der Waals surface area contributed by atoms with Crippen LogP contribution >= 0.6 is 0 Å². The molecule has 0 aromatic heterocycles. The maximum Gasteiger partial charge on any atom is 0.397 e. The van der Waals surface area contributed by atoms with Crippen molar-refractivity contribution in [1.29, 1.82) is 0 Å². The fourth-order valence-electron chi connectivity index (χ4n) is 17.5. The van der Waals surface area contributed by atoms with Crippen LogP contribution in [0.1, 0.15) is 134 Å². The zero-order chi connectivity index (χ0) is 70.5. The van der Waals surface area contributed by atoms with Gasteiger partial charge in [-0.25, -0.2) is 4.18 Å². The molecule has 0 bridgehead atoms. The van der Waals surface area contributed by atoms with Crippen molar-refractivity contribution in [2.24, 2.45) is 46.3 Å². The van der Waals surface area contributed by atoms with Gasteiger partial charge in [-0.05, 0) is 140 Å². The highest BCUT2D eigenvalue weighted by atomic mass is 32.3. The first-order valence-electron chi connectivity index (χ1n) is 34.2. The van der Waals surface area contributed by atoms with Gasteiger partial charge in [0.05, 0.1) is 61.0 Å². The van der Waals surface area contributed by atoms with Gasteiger partial charge < -0.3 is 128 Å². The molecule has 0 unspecified atom stereocenters. The number of rotatable bonds is 20. The van der Waals surface area contributed by atoms with Crippen molar-refractivity contribution in [3.8, 4) is 0 Å². The second-order valence-electron chi connectivity index (χ2n) is 30.3. The Kier molecular flexibility index (Phi) is 23.9. The van der Waals surface area contributed by atoms with Crippen molar-refractivity contribution < 1.29 is 145 Å². The standard InChI is InChI=1S/C65H108O30S/c1-24(2)25(3)15-20-65(12,79)39-14-13-34-33-22-37(36-21-32(95-96(80,81)82)16-18-63(36,10)35(33)17-19-64(34,39)11)88-57-26(4)52(42(69)29(7)83-57)90-62-56(94-58-48(75)45(72)40(67)27(5)84-58)50(77)53(31(9)87-62)91-61-55(47(74)41(68)28(6)86-61)93-60-51(78)54(43(70)30(8)85-60)92-59-49(76)46(73)44(71)38(23-66)89-59/h17,24,26-34,36-62,66-79H,3,13-16,18-23H2,1-2,4-12H3,(H,80,81,82)/t26-,27-,28-,29-,30-,31-,32+,33+,34+,36-,37+,38-,39+,40-,41+,42-,43+,44+,45+,46+,47+,48-,49-,50+,51-,52-,53-,54+,55-,56-,57+,58+,59+,60+,61+,62+,63-,64+,65+/m1/s1. The van der Waals surface area contributed by atoms with Crippen molar-refractivity contribution in [3.05, 3.63) is 23.8 Å². The van der Waals surface area contributed by atoms with E-state index in [2.05, 4.69) is 40.3 Å². The van der Waals surface area contributed by atoms with Gasteiger partial charge in [-0.3, -0.25) is 4.55 Å². The molecule has 0 aromatic rings. The van der Waals surface area contributed by atoms with E-state index in [1.54, 1.807) is 13.8 Å². The molecule has 96 heavy (non-hydrogen) atoms. The Hall–Kier alpha value is -1.69. The SMILES string of the molecule is C=C(CC[C@](C)(O)[C@H]1CC[C@H]2[C@@H]3C[C@H](O[C@@H]4O[C@H](C)[C@@H](O)[C@H](O[C@@H]5O[C@H](C)[C@@H](O[C@@H]6O[C@H](C)[C@H](O)[C@H](O)[C@H]6O[C@@H]6O[C@H](C)[C@H](O)[C@H](O[C@@H]7O[C@H](CO)[C@H](O)[C@H](O)[C@H]7O)[C@H]6O)[C@H](O)[C@H]5O[C@@H]5O[C@H](C)[C@@H](O)[C@H](O)[C@H]5O)[C@H]4C)[C@H]4C[C@@H](OS(=O)(=O)O)CC[C@]4(C)C3=CC[C@@]21C)C(C)C. The summed E-state index contributed by atoms with van der Waals surface area (Å²) in [7, 11) is -4.85. The Morgan fingerprint density at radius 1 is 0.573 bits per heavy atom.